The van der Waals surface area contributed by atoms with Gasteiger partial charge >= 0.3 is 39.6 Å². The van der Waals surface area contributed by atoms with Gasteiger partial charge in [0, 0.05) is 0 Å². The summed E-state index contributed by atoms with van der Waals surface area (Å²) in [4.78, 5) is 0. The summed E-state index contributed by atoms with van der Waals surface area (Å²) in [5.74, 6) is -6.87. The number of rotatable bonds is 7. The second-order valence-electron chi connectivity index (χ2n) is 3.65. The Morgan fingerprint density at radius 3 is 1.52 bits per heavy atom. The minimum Gasteiger partial charge on any atom is -0.316 e. The number of alkyl halides is 10. The van der Waals surface area contributed by atoms with Crippen molar-refractivity contribution in [1.82, 2.24) is 0 Å². The zero-order chi connectivity index (χ0) is 19.1. The first kappa shape index (κ1) is 22.1. The minimum absolute atomic E-state index is 0.565. The van der Waals surface area contributed by atoms with E-state index < -0.39 is 46.2 Å². The van der Waals surface area contributed by atoms with Gasteiger partial charge in [-0.2, -0.15) is 52.3 Å². The van der Waals surface area contributed by atoms with Crippen LogP contribution in [-0.4, -0.2) is 49.1 Å². The molecule has 0 saturated heterocycles. The Morgan fingerprint density at radius 2 is 1.26 bits per heavy atom. The molecule has 0 aromatic carbocycles. The Kier molecular flexibility index (Phi) is 5.67. The molecule has 5 nitrogen and oxygen atoms in total. The molecule has 1 N–H and O–H groups in total. The van der Waals surface area contributed by atoms with E-state index in [1.165, 1.54) is 0 Å². The summed E-state index contributed by atoms with van der Waals surface area (Å²) in [5.41, 5.74) is 0. The molecular formula is C7H6F10O5S. The molecule has 0 fully saturated rings. The van der Waals surface area contributed by atoms with Gasteiger partial charge in [0.15, 0.2) is 0 Å². The number of hydrogen-bond donors (Lipinski definition) is 1. The van der Waals surface area contributed by atoms with Crippen molar-refractivity contribution in [2.75, 3.05) is 6.61 Å². The van der Waals surface area contributed by atoms with E-state index in [0.717, 1.165) is 0 Å². The maximum Gasteiger partial charge on any atom is 0.460 e. The molecule has 0 aromatic heterocycles. The van der Waals surface area contributed by atoms with Crippen LogP contribution >= 0.6 is 0 Å². The van der Waals surface area contributed by atoms with Crippen LogP contribution in [0.5, 0.6) is 0 Å². The van der Waals surface area contributed by atoms with E-state index >= 15 is 0 Å². The van der Waals surface area contributed by atoms with Gasteiger partial charge in [0.25, 0.3) is 0 Å². The quantitative estimate of drug-likeness (QED) is 0.533. The van der Waals surface area contributed by atoms with Crippen molar-refractivity contribution >= 4 is 10.1 Å². The Bertz CT molecular complexity index is 528. The normalized spacial score (nSPS) is 17.9. The van der Waals surface area contributed by atoms with Crippen LogP contribution in [0.4, 0.5) is 43.9 Å². The monoisotopic (exact) mass is 392 g/mol. The summed E-state index contributed by atoms with van der Waals surface area (Å²) in [6.45, 7) is -0.839. The Balaban J connectivity index is 6.13. The molecule has 0 rings (SSSR count). The summed E-state index contributed by atoms with van der Waals surface area (Å²) < 4.78 is 160. The molecule has 1 atom stereocenters. The van der Waals surface area contributed by atoms with Crippen molar-refractivity contribution in [1.29, 1.82) is 0 Å². The lowest BCUT2D eigenvalue weighted by Crippen LogP contribution is -2.64. The maximum absolute atomic E-state index is 13.4. The van der Waals surface area contributed by atoms with E-state index in [9.17, 15) is 52.3 Å². The van der Waals surface area contributed by atoms with E-state index in [1.54, 1.807) is 0 Å². The number of halogens is 10. The zero-order valence-electron chi connectivity index (χ0n) is 10.5. The second kappa shape index (κ2) is 5.89. The Labute approximate surface area is 120 Å². The molecule has 0 heterocycles. The van der Waals surface area contributed by atoms with Crippen molar-refractivity contribution in [3.05, 3.63) is 0 Å². The predicted octanol–water partition coefficient (Wildman–Crippen LogP) is 2.93. The molecule has 0 spiro atoms. The van der Waals surface area contributed by atoms with Crippen LogP contribution in [-0.2, 0) is 19.6 Å². The molecule has 16 heteroatoms. The van der Waals surface area contributed by atoms with Crippen LogP contribution in [0.3, 0.4) is 0 Å². The molecule has 0 aliphatic carbocycles. The van der Waals surface area contributed by atoms with Gasteiger partial charge in [-0.1, -0.05) is 0 Å². The third kappa shape index (κ3) is 3.80. The maximum atomic E-state index is 13.4. The van der Waals surface area contributed by atoms with Crippen LogP contribution in [0.2, 0.25) is 0 Å². The molecule has 23 heavy (non-hydrogen) atoms. The van der Waals surface area contributed by atoms with Crippen molar-refractivity contribution in [2.24, 2.45) is 0 Å². The van der Waals surface area contributed by atoms with Gasteiger partial charge in [-0.3, -0.25) is 9.29 Å². The lowest BCUT2D eigenvalue weighted by Gasteiger charge is -2.36. The molecule has 0 aliphatic heterocycles. The van der Waals surface area contributed by atoms with Gasteiger partial charge in [-0.15, -0.1) is 0 Å². The lowest BCUT2D eigenvalue weighted by molar-refractivity contribution is -0.512. The summed E-state index contributed by atoms with van der Waals surface area (Å²) in [6, 6.07) is 0. The highest BCUT2D eigenvalue weighted by molar-refractivity contribution is 7.86. The average Bonchev–Trinajstić information content (AvgIpc) is 2.24. The Hall–Kier alpha value is -0.870. The molecule has 1 unspecified atom stereocenters. The third-order valence-electron chi connectivity index (χ3n) is 2.00. The van der Waals surface area contributed by atoms with Gasteiger partial charge < -0.3 is 4.74 Å². The molecule has 0 aromatic rings. The molecule has 0 bridgehead atoms. The van der Waals surface area contributed by atoms with Crippen LogP contribution in [0.25, 0.3) is 0 Å². The summed E-state index contributed by atoms with van der Waals surface area (Å²) in [5, 5.41) is -6.88. The fraction of sp³-hybridized carbons (Fsp3) is 1.00. The van der Waals surface area contributed by atoms with Gasteiger partial charge in [-0.05, 0) is 6.92 Å². The fourth-order valence-electron chi connectivity index (χ4n) is 0.943. The molecule has 140 valence electrons. The Morgan fingerprint density at radius 1 is 0.870 bits per heavy atom. The van der Waals surface area contributed by atoms with Crippen LogP contribution in [0.15, 0.2) is 0 Å². The van der Waals surface area contributed by atoms with Crippen LogP contribution < -0.4 is 0 Å². The molecule has 0 saturated carbocycles. The number of ether oxygens (including phenoxy) is 2. The SMILES string of the molecule is CCOC(F)(F)C(F)(OC(F)(F)C(F)(F)S(=O)(=O)O)C(F)(F)F. The van der Waals surface area contributed by atoms with E-state index in [0.29, 0.717) is 6.92 Å². The van der Waals surface area contributed by atoms with Crippen molar-refractivity contribution in [3.63, 3.8) is 0 Å². The first-order valence-electron chi connectivity index (χ1n) is 4.97. The van der Waals surface area contributed by atoms with Crippen LogP contribution in [0, 0.1) is 0 Å². The zero-order valence-corrected chi connectivity index (χ0v) is 11.3. The molecular weight excluding hydrogens is 386 g/mol. The topological polar surface area (TPSA) is 72.8 Å². The molecule has 0 aliphatic rings. The van der Waals surface area contributed by atoms with Crippen LogP contribution in [0.1, 0.15) is 6.92 Å². The van der Waals surface area contributed by atoms with E-state index in [2.05, 4.69) is 4.74 Å². The van der Waals surface area contributed by atoms with Gasteiger partial charge in [0.2, 0.25) is 0 Å². The summed E-state index contributed by atoms with van der Waals surface area (Å²) in [6.07, 6.45) is -20.4. The highest BCUT2D eigenvalue weighted by Gasteiger charge is 2.81. The smallest absolute Gasteiger partial charge is 0.316 e. The summed E-state index contributed by atoms with van der Waals surface area (Å²) in [7, 11) is -7.16. The van der Waals surface area contributed by atoms with Crippen molar-refractivity contribution in [2.45, 2.75) is 36.4 Å². The highest BCUT2D eigenvalue weighted by atomic mass is 32.2. The highest BCUT2D eigenvalue weighted by Crippen LogP contribution is 2.52. The molecule has 0 radical (unpaired) electrons. The van der Waals surface area contributed by atoms with E-state index in [-0.39, 0.29) is 0 Å². The largest absolute Gasteiger partial charge is 0.460 e. The summed E-state index contributed by atoms with van der Waals surface area (Å²) >= 11 is 0. The van der Waals surface area contributed by atoms with Gasteiger partial charge in [-0.25, -0.2) is 0 Å². The van der Waals surface area contributed by atoms with Crippen molar-refractivity contribution in [3.8, 4) is 0 Å². The molecule has 0 amide bonds. The van der Waals surface area contributed by atoms with Gasteiger partial charge in [0.05, 0.1) is 6.61 Å². The predicted molar refractivity (Wildman–Crippen MR) is 49.0 cm³/mol. The van der Waals surface area contributed by atoms with Gasteiger partial charge in [0.1, 0.15) is 0 Å². The lowest BCUT2D eigenvalue weighted by atomic mass is 10.2. The van der Waals surface area contributed by atoms with Crippen molar-refractivity contribution < 1.29 is 66.3 Å². The van der Waals surface area contributed by atoms with E-state index in [4.69, 9.17) is 4.55 Å². The average molecular weight is 392 g/mol. The second-order valence-corrected chi connectivity index (χ2v) is 5.12. The standard InChI is InChI=1S/C7H6F10O5S/c1-2-21-5(12,13)3(8,4(9,10)11)22-6(14,15)7(16,17)23(18,19)20/h2H2,1H3,(H,18,19,20). The third-order valence-corrected chi connectivity index (χ3v) is 2.88. The number of hydrogen-bond acceptors (Lipinski definition) is 4. The van der Waals surface area contributed by atoms with E-state index in [1.807, 2.05) is 4.74 Å². The first-order chi connectivity index (χ1) is 9.77. The first-order valence-corrected chi connectivity index (χ1v) is 6.41. The minimum atomic E-state index is -7.16. The fourth-order valence-corrected chi connectivity index (χ4v) is 1.28.